The molecule has 1 N–H and O–H groups in total. The van der Waals surface area contributed by atoms with Gasteiger partial charge in [-0.15, -0.1) is 0 Å². The van der Waals surface area contributed by atoms with Gasteiger partial charge in [-0.2, -0.15) is 0 Å². The Hall–Kier alpha value is -0.570. The molecule has 0 aromatic rings. The maximum Gasteiger partial charge on any atom is 0.241 e. The molecule has 1 amide bonds. The fourth-order valence-corrected chi connectivity index (χ4v) is 3.11. The molecular weight excluding hydrogens is 224 g/mol. The first kappa shape index (κ1) is 13.9. The minimum atomic E-state index is 0.0307. The Morgan fingerprint density at radius 2 is 2.00 bits per heavy atom. The normalized spacial score (nSPS) is 30.3. The molecule has 0 bridgehead atoms. The lowest BCUT2D eigenvalue weighted by atomic mass is 10.0. The number of amides is 1. The van der Waals surface area contributed by atoms with Gasteiger partial charge in [0.25, 0.3) is 0 Å². The highest BCUT2D eigenvalue weighted by atomic mass is 16.2. The fourth-order valence-electron chi connectivity index (χ4n) is 3.11. The van der Waals surface area contributed by atoms with Crippen molar-refractivity contribution in [3.63, 3.8) is 0 Å². The van der Waals surface area contributed by atoms with Crippen molar-refractivity contribution in [2.24, 2.45) is 11.8 Å². The van der Waals surface area contributed by atoms with Crippen LogP contribution in [0.3, 0.4) is 0 Å². The van der Waals surface area contributed by atoms with E-state index in [9.17, 15) is 4.79 Å². The molecule has 0 radical (unpaired) electrons. The van der Waals surface area contributed by atoms with Crippen molar-refractivity contribution in [2.75, 3.05) is 0 Å². The van der Waals surface area contributed by atoms with E-state index < -0.39 is 0 Å². The highest BCUT2D eigenvalue weighted by Crippen LogP contribution is 2.37. The molecule has 2 rings (SSSR count). The number of nitrogens with zero attached hydrogens (tertiary/aromatic N) is 1. The van der Waals surface area contributed by atoms with Crippen LogP contribution in [0.4, 0.5) is 0 Å². The molecule has 1 saturated carbocycles. The molecule has 2 aliphatic rings. The van der Waals surface area contributed by atoms with Crippen LogP contribution in [0.2, 0.25) is 0 Å². The van der Waals surface area contributed by atoms with Crippen molar-refractivity contribution in [3.8, 4) is 0 Å². The van der Waals surface area contributed by atoms with E-state index in [2.05, 4.69) is 37.9 Å². The summed E-state index contributed by atoms with van der Waals surface area (Å²) < 4.78 is 0. The van der Waals surface area contributed by atoms with E-state index in [-0.39, 0.29) is 12.2 Å². The molecule has 1 heterocycles. The number of hydrogen-bond acceptors (Lipinski definition) is 2. The van der Waals surface area contributed by atoms with Crippen LogP contribution in [0, 0.1) is 11.8 Å². The Morgan fingerprint density at radius 1 is 1.33 bits per heavy atom. The third kappa shape index (κ3) is 2.71. The zero-order valence-corrected chi connectivity index (χ0v) is 12.3. The summed E-state index contributed by atoms with van der Waals surface area (Å²) >= 11 is 0. The number of carbonyl (C=O) groups is 1. The van der Waals surface area contributed by atoms with Gasteiger partial charge in [-0.05, 0) is 31.1 Å². The Labute approximate surface area is 111 Å². The van der Waals surface area contributed by atoms with E-state index in [0.29, 0.717) is 17.9 Å². The Kier molecular flexibility index (Phi) is 4.31. The molecule has 0 aromatic carbocycles. The second kappa shape index (κ2) is 5.60. The van der Waals surface area contributed by atoms with Crippen molar-refractivity contribution < 1.29 is 4.79 Å². The molecule has 0 spiro atoms. The SMILES string of the molecule is CCC(CC1CC1)N1C(=O)C(C(C)C)NC1CC. The molecule has 1 saturated heterocycles. The van der Waals surface area contributed by atoms with Crippen molar-refractivity contribution in [1.29, 1.82) is 0 Å². The summed E-state index contributed by atoms with van der Waals surface area (Å²) in [6, 6.07) is 0.481. The second-order valence-corrected chi connectivity index (χ2v) is 6.30. The predicted molar refractivity (Wildman–Crippen MR) is 74.1 cm³/mol. The van der Waals surface area contributed by atoms with Gasteiger partial charge in [0, 0.05) is 6.04 Å². The second-order valence-electron chi connectivity index (χ2n) is 6.30. The molecule has 0 aromatic heterocycles. The van der Waals surface area contributed by atoms with Gasteiger partial charge in [0.05, 0.1) is 12.2 Å². The van der Waals surface area contributed by atoms with E-state index in [1.807, 2.05) is 0 Å². The minimum Gasteiger partial charge on any atom is -0.323 e. The van der Waals surface area contributed by atoms with Crippen molar-refractivity contribution in [2.45, 2.75) is 78.0 Å². The molecule has 1 aliphatic heterocycles. The Bertz CT molecular complexity index is 299. The molecule has 3 unspecified atom stereocenters. The van der Waals surface area contributed by atoms with Gasteiger partial charge < -0.3 is 4.90 Å². The zero-order chi connectivity index (χ0) is 13.3. The van der Waals surface area contributed by atoms with Gasteiger partial charge in [-0.3, -0.25) is 10.1 Å². The van der Waals surface area contributed by atoms with Crippen molar-refractivity contribution in [1.82, 2.24) is 10.2 Å². The summed E-state index contributed by atoms with van der Waals surface area (Å²) in [6.45, 7) is 8.65. The summed E-state index contributed by atoms with van der Waals surface area (Å²) in [6.07, 6.45) is 6.31. The van der Waals surface area contributed by atoms with E-state index in [1.165, 1.54) is 19.3 Å². The molecule has 3 heteroatoms. The molecule has 2 fully saturated rings. The summed E-state index contributed by atoms with van der Waals surface area (Å²) in [7, 11) is 0. The van der Waals surface area contributed by atoms with Crippen molar-refractivity contribution >= 4 is 5.91 Å². The maximum absolute atomic E-state index is 12.6. The van der Waals surface area contributed by atoms with Crippen LogP contribution in [-0.2, 0) is 4.79 Å². The first-order valence-electron chi connectivity index (χ1n) is 7.66. The van der Waals surface area contributed by atoms with E-state index in [1.54, 1.807) is 0 Å². The van der Waals surface area contributed by atoms with Crippen LogP contribution in [0.1, 0.15) is 59.8 Å². The quantitative estimate of drug-likeness (QED) is 0.788. The van der Waals surface area contributed by atoms with Crippen LogP contribution in [0.5, 0.6) is 0 Å². The van der Waals surface area contributed by atoms with E-state index in [0.717, 1.165) is 18.8 Å². The van der Waals surface area contributed by atoms with Crippen molar-refractivity contribution in [3.05, 3.63) is 0 Å². The van der Waals surface area contributed by atoms with Crippen LogP contribution < -0.4 is 5.32 Å². The zero-order valence-electron chi connectivity index (χ0n) is 12.3. The summed E-state index contributed by atoms with van der Waals surface area (Å²) in [4.78, 5) is 14.8. The van der Waals surface area contributed by atoms with Gasteiger partial charge in [0.15, 0.2) is 0 Å². The molecule has 104 valence electrons. The highest BCUT2D eigenvalue weighted by Gasteiger charge is 2.43. The third-order valence-corrected chi connectivity index (χ3v) is 4.45. The predicted octanol–water partition coefficient (Wildman–Crippen LogP) is 2.76. The average molecular weight is 252 g/mol. The van der Waals surface area contributed by atoms with Crippen LogP contribution in [0.25, 0.3) is 0 Å². The smallest absolute Gasteiger partial charge is 0.241 e. The Balaban J connectivity index is 2.09. The fraction of sp³-hybridized carbons (Fsp3) is 0.933. The lowest BCUT2D eigenvalue weighted by Crippen LogP contribution is -2.44. The van der Waals surface area contributed by atoms with E-state index in [4.69, 9.17) is 0 Å². The van der Waals surface area contributed by atoms with Gasteiger partial charge >= 0.3 is 0 Å². The monoisotopic (exact) mass is 252 g/mol. The van der Waals surface area contributed by atoms with Gasteiger partial charge in [0.1, 0.15) is 0 Å². The van der Waals surface area contributed by atoms with Crippen LogP contribution >= 0.6 is 0 Å². The summed E-state index contributed by atoms with van der Waals surface area (Å²) in [5.74, 6) is 1.61. The first-order valence-corrected chi connectivity index (χ1v) is 7.66. The first-order chi connectivity index (χ1) is 8.58. The van der Waals surface area contributed by atoms with Gasteiger partial charge in [-0.25, -0.2) is 0 Å². The summed E-state index contributed by atoms with van der Waals surface area (Å²) in [5.41, 5.74) is 0. The number of hydrogen-bond donors (Lipinski definition) is 1. The number of nitrogens with one attached hydrogen (secondary N) is 1. The topological polar surface area (TPSA) is 32.3 Å². The Morgan fingerprint density at radius 3 is 2.44 bits per heavy atom. The molecule has 3 nitrogen and oxygen atoms in total. The summed E-state index contributed by atoms with van der Waals surface area (Å²) in [5, 5.41) is 3.52. The third-order valence-electron chi connectivity index (χ3n) is 4.45. The lowest BCUT2D eigenvalue weighted by Gasteiger charge is -2.32. The standard InChI is InChI=1S/C15H28N2O/c1-5-12(9-11-7-8-11)17-13(6-2)16-14(10(3)4)15(17)18/h10-14,16H,5-9H2,1-4H3. The largest absolute Gasteiger partial charge is 0.323 e. The van der Waals surface area contributed by atoms with E-state index >= 15 is 0 Å². The molecule has 1 aliphatic carbocycles. The maximum atomic E-state index is 12.6. The highest BCUT2D eigenvalue weighted by molar-refractivity contribution is 5.84. The molecule has 18 heavy (non-hydrogen) atoms. The number of rotatable bonds is 6. The lowest BCUT2D eigenvalue weighted by molar-refractivity contribution is -0.133. The van der Waals surface area contributed by atoms with Crippen LogP contribution in [0.15, 0.2) is 0 Å². The molecular formula is C15H28N2O. The molecule has 3 atom stereocenters. The number of carbonyl (C=O) groups excluding carboxylic acids is 1. The van der Waals surface area contributed by atoms with Gasteiger partial charge in [0.2, 0.25) is 5.91 Å². The van der Waals surface area contributed by atoms with Gasteiger partial charge in [-0.1, -0.05) is 40.5 Å². The van der Waals surface area contributed by atoms with Crippen LogP contribution in [-0.4, -0.2) is 29.1 Å². The average Bonchev–Trinajstić information content (AvgIpc) is 3.09. The minimum absolute atomic E-state index is 0.0307.